The summed E-state index contributed by atoms with van der Waals surface area (Å²) in [6, 6.07) is 14.1. The Balaban J connectivity index is 1.90. The summed E-state index contributed by atoms with van der Waals surface area (Å²) in [5, 5.41) is 0. The minimum absolute atomic E-state index is 0.0989. The number of rotatable bonds is 3. The summed E-state index contributed by atoms with van der Waals surface area (Å²) in [7, 11) is -1.57. The van der Waals surface area contributed by atoms with Crippen molar-refractivity contribution in [3.05, 3.63) is 60.2 Å². The molecule has 8 nitrogen and oxygen atoms in total. The Morgan fingerprint density at radius 2 is 1.62 bits per heavy atom. The molecule has 1 saturated heterocycles. The molecule has 2 aliphatic rings. The lowest BCUT2D eigenvalue weighted by molar-refractivity contribution is -0.145. The van der Waals surface area contributed by atoms with Gasteiger partial charge in [-0.1, -0.05) is 36.4 Å². The van der Waals surface area contributed by atoms with Crippen molar-refractivity contribution >= 4 is 27.8 Å². The number of esters is 1. The van der Waals surface area contributed by atoms with E-state index >= 15 is 0 Å². The number of benzene rings is 2. The van der Waals surface area contributed by atoms with E-state index in [-0.39, 0.29) is 17.2 Å². The van der Waals surface area contributed by atoms with Gasteiger partial charge in [0.15, 0.2) is 0 Å². The number of fused-ring (bicyclic) bond motifs is 3. The van der Waals surface area contributed by atoms with Crippen molar-refractivity contribution in [3.63, 3.8) is 0 Å². The van der Waals surface area contributed by atoms with Crippen molar-refractivity contribution in [3.8, 4) is 0 Å². The van der Waals surface area contributed by atoms with Gasteiger partial charge in [0, 0.05) is 5.92 Å². The van der Waals surface area contributed by atoms with Crippen LogP contribution >= 0.6 is 0 Å². The van der Waals surface area contributed by atoms with E-state index < -0.39 is 34.3 Å². The van der Waals surface area contributed by atoms with Gasteiger partial charge in [-0.3, -0.25) is 4.90 Å². The number of hydrogen-bond donors (Lipinski definition) is 0. The van der Waals surface area contributed by atoms with Crippen molar-refractivity contribution in [1.82, 2.24) is 4.90 Å². The van der Waals surface area contributed by atoms with Gasteiger partial charge in [0.2, 0.25) is 0 Å². The van der Waals surface area contributed by atoms with Crippen LogP contribution in [0.4, 0.5) is 10.5 Å². The van der Waals surface area contributed by atoms with Gasteiger partial charge in [-0.25, -0.2) is 22.3 Å². The quantitative estimate of drug-likeness (QED) is 0.713. The molecule has 1 amide bonds. The minimum Gasteiger partial charge on any atom is -0.467 e. The molecule has 29 heavy (non-hydrogen) atoms. The highest BCUT2D eigenvalue weighted by Gasteiger charge is 2.58. The molecule has 152 valence electrons. The fraction of sp³-hybridized carbons (Fsp3) is 0.300. The molecule has 0 unspecified atom stereocenters. The Morgan fingerprint density at radius 1 is 0.966 bits per heavy atom. The van der Waals surface area contributed by atoms with Gasteiger partial charge >= 0.3 is 12.1 Å². The summed E-state index contributed by atoms with van der Waals surface area (Å²) in [5.41, 5.74) is 1.25. The van der Waals surface area contributed by atoms with Gasteiger partial charge < -0.3 is 9.47 Å². The maximum Gasteiger partial charge on any atom is 0.411 e. The van der Waals surface area contributed by atoms with Crippen LogP contribution in [0, 0.1) is 0 Å². The number of carbonyl (C=O) groups is 2. The van der Waals surface area contributed by atoms with Crippen LogP contribution in [0.15, 0.2) is 59.5 Å². The monoisotopic (exact) mass is 416 g/mol. The molecule has 0 bridgehead atoms. The van der Waals surface area contributed by atoms with Crippen molar-refractivity contribution in [2.75, 3.05) is 18.5 Å². The third kappa shape index (κ3) is 2.84. The van der Waals surface area contributed by atoms with Gasteiger partial charge in [-0.2, -0.15) is 0 Å². The Morgan fingerprint density at radius 3 is 2.28 bits per heavy atom. The third-order valence-electron chi connectivity index (χ3n) is 5.43. The van der Waals surface area contributed by atoms with Gasteiger partial charge in [0.1, 0.15) is 12.2 Å². The second-order valence-corrected chi connectivity index (χ2v) is 8.66. The zero-order valence-corrected chi connectivity index (χ0v) is 16.7. The Hall–Kier alpha value is -3.07. The Labute approximate surface area is 168 Å². The predicted molar refractivity (Wildman–Crippen MR) is 104 cm³/mol. The molecular formula is C20H20N2O6S. The second-order valence-electron chi connectivity index (χ2n) is 6.84. The molecule has 2 heterocycles. The highest BCUT2D eigenvalue weighted by Crippen LogP contribution is 2.52. The van der Waals surface area contributed by atoms with E-state index in [2.05, 4.69) is 0 Å². The number of methoxy groups -OCH3 is 2. The molecule has 9 heteroatoms. The van der Waals surface area contributed by atoms with Gasteiger partial charge in [-0.05, 0) is 30.2 Å². The van der Waals surface area contributed by atoms with Crippen molar-refractivity contribution in [1.29, 1.82) is 0 Å². The van der Waals surface area contributed by atoms with E-state index in [9.17, 15) is 18.0 Å². The lowest BCUT2D eigenvalue weighted by Crippen LogP contribution is -2.53. The number of para-hydroxylation sites is 1. The molecule has 2 aliphatic heterocycles. The van der Waals surface area contributed by atoms with Crippen LogP contribution in [0.3, 0.4) is 0 Å². The molecule has 0 spiro atoms. The predicted octanol–water partition coefficient (Wildman–Crippen LogP) is 2.32. The van der Waals surface area contributed by atoms with E-state index in [1.165, 1.54) is 35.6 Å². The highest BCUT2D eigenvalue weighted by atomic mass is 32.2. The zero-order chi connectivity index (χ0) is 20.8. The van der Waals surface area contributed by atoms with Crippen LogP contribution < -0.4 is 4.31 Å². The number of carbonyl (C=O) groups excluding carboxylic acids is 2. The molecule has 2 aromatic rings. The van der Waals surface area contributed by atoms with E-state index in [1.807, 2.05) is 12.1 Å². The molecule has 2 aromatic carbocycles. The number of amides is 1. The van der Waals surface area contributed by atoms with Crippen LogP contribution in [0.25, 0.3) is 0 Å². The average molecular weight is 416 g/mol. The lowest BCUT2D eigenvalue weighted by atomic mass is 9.96. The van der Waals surface area contributed by atoms with Crippen LogP contribution in [-0.2, 0) is 24.3 Å². The number of anilines is 1. The van der Waals surface area contributed by atoms with Crippen molar-refractivity contribution in [2.45, 2.75) is 29.4 Å². The maximum atomic E-state index is 13.6. The van der Waals surface area contributed by atoms with E-state index in [1.54, 1.807) is 30.3 Å². The lowest BCUT2D eigenvalue weighted by Gasteiger charge is -2.34. The summed E-state index contributed by atoms with van der Waals surface area (Å²) in [6.45, 7) is 0. The Kier molecular flexibility index (Phi) is 4.70. The minimum atomic E-state index is -4.01. The fourth-order valence-electron chi connectivity index (χ4n) is 4.23. The first-order valence-corrected chi connectivity index (χ1v) is 10.5. The number of likely N-dealkylation sites (tertiary alicyclic amines) is 1. The van der Waals surface area contributed by atoms with Crippen molar-refractivity contribution in [2.24, 2.45) is 0 Å². The first-order chi connectivity index (χ1) is 13.9. The number of nitrogens with zero attached hydrogens (tertiary/aromatic N) is 2. The van der Waals surface area contributed by atoms with Gasteiger partial charge in [-0.15, -0.1) is 0 Å². The van der Waals surface area contributed by atoms with E-state index in [4.69, 9.17) is 9.47 Å². The number of ether oxygens (including phenoxy) is 2. The Bertz CT molecular complexity index is 1060. The molecule has 1 fully saturated rings. The SMILES string of the molecule is COC(=O)[C@@H]1C[C@@H]2c3ccccc3N(S(=O)(=O)c3ccccc3)[C@@H]2N1C(=O)OC. The first kappa shape index (κ1) is 19.3. The van der Waals surface area contributed by atoms with E-state index in [0.717, 1.165) is 5.56 Å². The van der Waals surface area contributed by atoms with Crippen LogP contribution in [0.5, 0.6) is 0 Å². The summed E-state index contributed by atoms with van der Waals surface area (Å²) in [5.74, 6) is -0.993. The molecule has 0 radical (unpaired) electrons. The molecule has 0 saturated carbocycles. The van der Waals surface area contributed by atoms with E-state index in [0.29, 0.717) is 5.69 Å². The smallest absolute Gasteiger partial charge is 0.411 e. The summed E-state index contributed by atoms with van der Waals surface area (Å²) in [4.78, 5) is 26.3. The second kappa shape index (κ2) is 7.07. The molecular weight excluding hydrogens is 396 g/mol. The number of hydrogen-bond acceptors (Lipinski definition) is 6. The normalized spacial score (nSPS) is 22.8. The zero-order valence-electron chi connectivity index (χ0n) is 15.9. The molecule has 0 aromatic heterocycles. The summed E-state index contributed by atoms with van der Waals surface area (Å²) in [6.07, 6.45) is -1.47. The highest BCUT2D eigenvalue weighted by molar-refractivity contribution is 7.92. The molecule has 0 N–H and O–H groups in total. The van der Waals surface area contributed by atoms with Crippen LogP contribution in [0.2, 0.25) is 0 Å². The standard InChI is InChI=1S/C20H20N2O6S/c1-27-19(23)17-12-15-14-10-6-7-11-16(14)22(18(15)21(17)20(24)28-2)29(25,26)13-8-4-3-5-9-13/h3-11,15,17-18H,12H2,1-2H3/t15-,17+,18+/m1/s1. The molecule has 0 aliphatic carbocycles. The average Bonchev–Trinajstić information content (AvgIpc) is 3.28. The molecule has 3 atom stereocenters. The third-order valence-corrected chi connectivity index (χ3v) is 7.23. The topological polar surface area (TPSA) is 93.2 Å². The first-order valence-electron chi connectivity index (χ1n) is 9.04. The fourth-order valence-corrected chi connectivity index (χ4v) is 5.91. The maximum absolute atomic E-state index is 13.6. The van der Waals surface area contributed by atoms with Crippen LogP contribution in [-0.4, -0.2) is 51.8 Å². The largest absolute Gasteiger partial charge is 0.467 e. The molecule has 4 rings (SSSR count). The van der Waals surface area contributed by atoms with Crippen LogP contribution in [0.1, 0.15) is 17.9 Å². The van der Waals surface area contributed by atoms with Gasteiger partial charge in [0.05, 0.1) is 24.8 Å². The summed E-state index contributed by atoms with van der Waals surface area (Å²) >= 11 is 0. The van der Waals surface area contributed by atoms with Gasteiger partial charge in [0.25, 0.3) is 10.0 Å². The summed E-state index contributed by atoms with van der Waals surface area (Å²) < 4.78 is 38.1. The number of sulfonamides is 1. The van der Waals surface area contributed by atoms with Crippen molar-refractivity contribution < 1.29 is 27.5 Å².